The zero-order valence-electron chi connectivity index (χ0n) is 15.6. The number of amides is 1. The zero-order valence-corrected chi connectivity index (χ0v) is 16.4. The van der Waals surface area contributed by atoms with E-state index >= 15 is 0 Å². The Bertz CT molecular complexity index is 1220. The van der Waals surface area contributed by atoms with E-state index in [-0.39, 0.29) is 23.1 Å². The highest BCUT2D eigenvalue weighted by Crippen LogP contribution is 2.21. The first-order valence-corrected chi connectivity index (χ1v) is 10.0. The molecular formula is C20H18N5O3S+. The van der Waals surface area contributed by atoms with E-state index < -0.39 is 0 Å². The van der Waals surface area contributed by atoms with Gasteiger partial charge in [0.15, 0.2) is 11.7 Å². The molecule has 0 atom stereocenters. The van der Waals surface area contributed by atoms with Gasteiger partial charge in [0.2, 0.25) is 11.2 Å². The number of nitrogens with zero attached hydrogens (tertiary/aromatic N) is 4. The number of rotatable bonds is 6. The van der Waals surface area contributed by atoms with Crippen LogP contribution in [0.2, 0.25) is 0 Å². The van der Waals surface area contributed by atoms with Crippen LogP contribution in [-0.2, 0) is 11.3 Å². The SMILES string of the molecule is CC[n+]1cc(NC(=O)CSc2nc3ccccc3c(=O)n2-c2ccccc2)on1. The van der Waals surface area contributed by atoms with Gasteiger partial charge in [-0.25, -0.2) is 4.98 Å². The van der Waals surface area contributed by atoms with Crippen molar-refractivity contribution in [1.82, 2.24) is 14.8 Å². The second-order valence-electron chi connectivity index (χ2n) is 6.15. The smallest absolute Gasteiger partial charge is 0.288 e. The maximum absolute atomic E-state index is 13.1. The molecule has 4 rings (SSSR count). The topological polar surface area (TPSA) is 93.9 Å². The van der Waals surface area contributed by atoms with Gasteiger partial charge in [0, 0.05) is 0 Å². The highest BCUT2D eigenvalue weighted by molar-refractivity contribution is 7.99. The van der Waals surface area contributed by atoms with E-state index in [0.29, 0.717) is 28.3 Å². The molecular weight excluding hydrogens is 390 g/mol. The molecule has 2 aromatic heterocycles. The zero-order chi connectivity index (χ0) is 20.2. The molecule has 0 fully saturated rings. The largest absolute Gasteiger partial charge is 0.302 e. The van der Waals surface area contributed by atoms with Crippen molar-refractivity contribution < 1.29 is 14.0 Å². The Kier molecular flexibility index (Phi) is 5.39. The van der Waals surface area contributed by atoms with E-state index in [1.165, 1.54) is 16.3 Å². The third-order valence-electron chi connectivity index (χ3n) is 4.19. The average molecular weight is 408 g/mol. The van der Waals surface area contributed by atoms with Crippen LogP contribution < -0.4 is 15.6 Å². The summed E-state index contributed by atoms with van der Waals surface area (Å²) < 4.78 is 8.15. The molecule has 9 heteroatoms. The highest BCUT2D eigenvalue weighted by atomic mass is 32.2. The predicted molar refractivity (Wildman–Crippen MR) is 109 cm³/mol. The standard InChI is InChI=1S/C20H17N5O3S/c1-2-24-12-18(28-23-24)22-17(26)13-29-20-21-16-11-7-6-10-15(16)19(27)25(20)14-8-4-3-5-9-14/h3-12H,2,13H2,1H3/p+1. The molecule has 0 bridgehead atoms. The van der Waals surface area contributed by atoms with E-state index in [1.807, 2.05) is 43.3 Å². The maximum Gasteiger partial charge on any atom is 0.302 e. The lowest BCUT2D eigenvalue weighted by atomic mass is 10.2. The summed E-state index contributed by atoms with van der Waals surface area (Å²) in [4.78, 5) is 30.1. The van der Waals surface area contributed by atoms with E-state index in [1.54, 1.807) is 29.1 Å². The summed E-state index contributed by atoms with van der Waals surface area (Å²) >= 11 is 1.18. The summed E-state index contributed by atoms with van der Waals surface area (Å²) in [6.07, 6.45) is 1.61. The molecule has 0 saturated carbocycles. The summed E-state index contributed by atoms with van der Waals surface area (Å²) in [7, 11) is 0. The lowest BCUT2D eigenvalue weighted by molar-refractivity contribution is -0.759. The Morgan fingerprint density at radius 3 is 2.69 bits per heavy atom. The van der Waals surface area contributed by atoms with Gasteiger partial charge < -0.3 is 0 Å². The number of aromatic nitrogens is 4. The van der Waals surface area contributed by atoms with Gasteiger partial charge in [-0.05, 0) is 31.2 Å². The minimum atomic E-state index is -0.281. The summed E-state index contributed by atoms with van der Waals surface area (Å²) in [5, 5.41) is 7.39. The van der Waals surface area contributed by atoms with E-state index in [4.69, 9.17) is 4.52 Å². The van der Waals surface area contributed by atoms with Gasteiger partial charge in [0.05, 0.1) is 22.3 Å². The molecule has 146 valence electrons. The third-order valence-corrected chi connectivity index (χ3v) is 5.13. The van der Waals surface area contributed by atoms with Gasteiger partial charge in [-0.15, -0.1) is 0 Å². The van der Waals surface area contributed by atoms with Gasteiger partial charge in [-0.1, -0.05) is 46.8 Å². The van der Waals surface area contributed by atoms with Gasteiger partial charge >= 0.3 is 5.88 Å². The number of para-hydroxylation sites is 2. The van der Waals surface area contributed by atoms with E-state index in [2.05, 4.69) is 15.6 Å². The molecule has 2 aromatic carbocycles. The number of fused-ring (bicyclic) bond motifs is 1. The quantitative estimate of drug-likeness (QED) is 0.299. The lowest BCUT2D eigenvalue weighted by Gasteiger charge is -2.12. The molecule has 0 aliphatic rings. The van der Waals surface area contributed by atoms with Crippen molar-refractivity contribution in [2.45, 2.75) is 18.6 Å². The third kappa shape index (κ3) is 4.04. The number of hydrogen-bond donors (Lipinski definition) is 1. The van der Waals surface area contributed by atoms with Crippen LogP contribution >= 0.6 is 11.8 Å². The second kappa shape index (κ2) is 8.27. The van der Waals surface area contributed by atoms with Crippen molar-refractivity contribution in [3.8, 4) is 5.69 Å². The highest BCUT2D eigenvalue weighted by Gasteiger charge is 2.16. The van der Waals surface area contributed by atoms with Crippen molar-refractivity contribution in [2.75, 3.05) is 11.1 Å². The fourth-order valence-electron chi connectivity index (χ4n) is 2.80. The average Bonchev–Trinajstić information content (AvgIpc) is 3.20. The van der Waals surface area contributed by atoms with Gasteiger partial charge in [0.25, 0.3) is 11.8 Å². The molecule has 29 heavy (non-hydrogen) atoms. The Balaban J connectivity index is 1.63. The van der Waals surface area contributed by atoms with Crippen LogP contribution in [0, 0.1) is 0 Å². The molecule has 0 radical (unpaired) electrons. The number of carbonyl (C=O) groups excluding carboxylic acids is 1. The Morgan fingerprint density at radius 1 is 1.17 bits per heavy atom. The molecule has 0 aliphatic heterocycles. The minimum absolute atomic E-state index is 0.0600. The van der Waals surface area contributed by atoms with Crippen molar-refractivity contribution in [2.24, 2.45) is 0 Å². The molecule has 0 unspecified atom stereocenters. The maximum atomic E-state index is 13.1. The lowest BCUT2D eigenvalue weighted by Crippen LogP contribution is -2.32. The normalized spacial score (nSPS) is 10.9. The summed E-state index contributed by atoms with van der Waals surface area (Å²) in [5.74, 6) is 0.0468. The number of benzene rings is 2. The van der Waals surface area contributed by atoms with Gasteiger partial charge in [0.1, 0.15) is 0 Å². The van der Waals surface area contributed by atoms with Crippen LogP contribution in [0.1, 0.15) is 6.92 Å². The van der Waals surface area contributed by atoms with E-state index in [0.717, 1.165) is 0 Å². The number of nitrogens with one attached hydrogen (secondary N) is 1. The predicted octanol–water partition coefficient (Wildman–Crippen LogP) is 2.41. The molecule has 1 N–H and O–H groups in total. The number of carbonyl (C=O) groups is 1. The number of thioether (sulfide) groups is 1. The first-order chi connectivity index (χ1) is 14.2. The van der Waals surface area contributed by atoms with Crippen LogP contribution in [0.15, 0.2) is 75.3 Å². The molecule has 8 nitrogen and oxygen atoms in total. The summed E-state index contributed by atoms with van der Waals surface area (Å²) in [5.41, 5.74) is 1.11. The number of hydrogen-bond acceptors (Lipinski definition) is 6. The minimum Gasteiger partial charge on any atom is -0.288 e. The molecule has 1 amide bonds. The van der Waals surface area contributed by atoms with Gasteiger partial charge in [-0.2, -0.15) is 0 Å². The van der Waals surface area contributed by atoms with Crippen molar-refractivity contribution in [3.05, 3.63) is 71.1 Å². The van der Waals surface area contributed by atoms with Crippen LogP contribution in [0.25, 0.3) is 16.6 Å². The van der Waals surface area contributed by atoms with Gasteiger partial charge in [-0.3, -0.25) is 24.0 Å². The molecule has 2 heterocycles. The number of anilines is 1. The first kappa shape index (κ1) is 18.9. The van der Waals surface area contributed by atoms with Crippen LogP contribution in [0.3, 0.4) is 0 Å². The first-order valence-electron chi connectivity index (χ1n) is 9.02. The van der Waals surface area contributed by atoms with Crippen molar-refractivity contribution in [1.29, 1.82) is 0 Å². The monoisotopic (exact) mass is 408 g/mol. The Morgan fingerprint density at radius 2 is 1.93 bits per heavy atom. The van der Waals surface area contributed by atoms with Crippen LogP contribution in [0.5, 0.6) is 0 Å². The van der Waals surface area contributed by atoms with Crippen LogP contribution in [0.4, 0.5) is 5.88 Å². The Labute approximate surface area is 170 Å². The summed E-state index contributed by atoms with van der Waals surface area (Å²) in [6, 6.07) is 16.4. The van der Waals surface area contributed by atoms with Crippen molar-refractivity contribution in [3.63, 3.8) is 0 Å². The van der Waals surface area contributed by atoms with Crippen molar-refractivity contribution >= 4 is 34.5 Å². The molecule has 0 aliphatic carbocycles. The fourth-order valence-corrected chi connectivity index (χ4v) is 3.61. The van der Waals surface area contributed by atoms with Crippen LogP contribution in [-0.4, -0.2) is 26.5 Å². The molecule has 0 spiro atoms. The molecule has 0 saturated heterocycles. The fraction of sp³-hybridized carbons (Fsp3) is 0.150. The Hall–Kier alpha value is -3.46. The molecule has 4 aromatic rings. The summed E-state index contributed by atoms with van der Waals surface area (Å²) in [6.45, 7) is 2.55. The number of aryl methyl sites for hydroxylation is 1. The second-order valence-corrected chi connectivity index (χ2v) is 7.09. The van der Waals surface area contributed by atoms with E-state index in [9.17, 15) is 9.59 Å².